The molecule has 0 spiro atoms. The highest BCUT2D eigenvalue weighted by molar-refractivity contribution is 6.30. The molecule has 1 amide bonds. The predicted molar refractivity (Wildman–Crippen MR) is 98.0 cm³/mol. The van der Waals surface area contributed by atoms with E-state index in [9.17, 15) is 4.79 Å². The van der Waals surface area contributed by atoms with E-state index in [4.69, 9.17) is 25.8 Å². The predicted octanol–water partition coefficient (Wildman–Crippen LogP) is 4.25. The smallest absolute Gasteiger partial charge is 0.252 e. The van der Waals surface area contributed by atoms with Crippen molar-refractivity contribution in [3.05, 3.63) is 52.5 Å². The lowest BCUT2D eigenvalue weighted by molar-refractivity contribution is 0.0934. The number of hydrogen-bond acceptors (Lipinski definition) is 4. The minimum absolute atomic E-state index is 0.148. The summed E-state index contributed by atoms with van der Waals surface area (Å²) in [6.07, 6.45) is 0.733. The first kappa shape index (κ1) is 18.9. The average molecular weight is 364 g/mol. The fourth-order valence-electron chi connectivity index (χ4n) is 2.60. The van der Waals surface area contributed by atoms with Crippen LogP contribution in [0.1, 0.15) is 35.3 Å². The van der Waals surface area contributed by atoms with E-state index in [-0.39, 0.29) is 11.9 Å². The van der Waals surface area contributed by atoms with Gasteiger partial charge in [-0.2, -0.15) is 0 Å². The van der Waals surface area contributed by atoms with Gasteiger partial charge in [0.1, 0.15) is 0 Å². The van der Waals surface area contributed by atoms with Gasteiger partial charge >= 0.3 is 0 Å². The molecule has 25 heavy (non-hydrogen) atoms. The lowest BCUT2D eigenvalue weighted by Crippen LogP contribution is -2.28. The Balaban J connectivity index is 2.30. The highest BCUT2D eigenvalue weighted by atomic mass is 35.5. The van der Waals surface area contributed by atoms with Crippen LogP contribution >= 0.6 is 11.6 Å². The van der Waals surface area contributed by atoms with Crippen molar-refractivity contribution in [2.45, 2.75) is 19.4 Å². The van der Waals surface area contributed by atoms with Gasteiger partial charge in [-0.1, -0.05) is 30.7 Å². The van der Waals surface area contributed by atoms with Gasteiger partial charge in [0.25, 0.3) is 5.91 Å². The number of carbonyl (C=O) groups is 1. The number of ether oxygens (including phenoxy) is 3. The normalized spacial score (nSPS) is 11.6. The van der Waals surface area contributed by atoms with Crippen LogP contribution < -0.4 is 19.5 Å². The molecule has 2 aromatic rings. The van der Waals surface area contributed by atoms with E-state index in [1.165, 1.54) is 21.3 Å². The first-order chi connectivity index (χ1) is 12.0. The van der Waals surface area contributed by atoms with Crippen LogP contribution in [0.3, 0.4) is 0 Å². The molecule has 0 aliphatic carbocycles. The Hall–Kier alpha value is -2.40. The monoisotopic (exact) mass is 363 g/mol. The number of nitrogens with one attached hydrogen (secondary N) is 1. The molecule has 0 saturated heterocycles. The number of carbonyl (C=O) groups excluding carboxylic acids is 1. The maximum atomic E-state index is 12.7. The van der Waals surface area contributed by atoms with E-state index < -0.39 is 0 Å². The van der Waals surface area contributed by atoms with Crippen molar-refractivity contribution < 1.29 is 19.0 Å². The lowest BCUT2D eigenvalue weighted by Gasteiger charge is -2.19. The zero-order chi connectivity index (χ0) is 18.4. The van der Waals surface area contributed by atoms with Gasteiger partial charge in [0.05, 0.1) is 27.4 Å². The van der Waals surface area contributed by atoms with E-state index >= 15 is 0 Å². The van der Waals surface area contributed by atoms with E-state index in [1.54, 1.807) is 18.2 Å². The minimum atomic E-state index is -0.230. The maximum absolute atomic E-state index is 12.7. The van der Waals surface area contributed by atoms with Gasteiger partial charge in [0.2, 0.25) is 5.75 Å². The van der Waals surface area contributed by atoms with Crippen molar-refractivity contribution in [3.8, 4) is 17.2 Å². The van der Waals surface area contributed by atoms with E-state index in [2.05, 4.69) is 5.32 Å². The van der Waals surface area contributed by atoms with Crippen LogP contribution in [-0.2, 0) is 0 Å². The minimum Gasteiger partial charge on any atom is -0.493 e. The van der Waals surface area contributed by atoms with Crippen LogP contribution in [-0.4, -0.2) is 27.2 Å². The van der Waals surface area contributed by atoms with Gasteiger partial charge in [-0.3, -0.25) is 4.79 Å². The van der Waals surface area contributed by atoms with Gasteiger partial charge in [0, 0.05) is 10.6 Å². The molecule has 0 radical (unpaired) electrons. The average Bonchev–Trinajstić information content (AvgIpc) is 2.64. The van der Waals surface area contributed by atoms with Crippen LogP contribution in [0.2, 0.25) is 5.02 Å². The summed E-state index contributed by atoms with van der Waals surface area (Å²) in [5.74, 6) is 1.08. The van der Waals surface area contributed by atoms with Gasteiger partial charge < -0.3 is 19.5 Å². The van der Waals surface area contributed by atoms with Crippen LogP contribution in [0.15, 0.2) is 36.4 Å². The number of amides is 1. The van der Waals surface area contributed by atoms with E-state index in [1.807, 2.05) is 25.1 Å². The van der Waals surface area contributed by atoms with Gasteiger partial charge in [0.15, 0.2) is 11.5 Å². The van der Waals surface area contributed by atoms with Gasteiger partial charge in [-0.25, -0.2) is 0 Å². The summed E-state index contributed by atoms with van der Waals surface area (Å²) in [4.78, 5) is 12.7. The van der Waals surface area contributed by atoms with E-state index in [0.717, 1.165) is 12.0 Å². The number of methoxy groups -OCH3 is 3. The molecule has 0 saturated carbocycles. The Bertz CT molecular complexity index is 723. The zero-order valence-electron chi connectivity index (χ0n) is 14.8. The molecule has 0 fully saturated rings. The first-order valence-electron chi connectivity index (χ1n) is 7.90. The molecule has 2 aromatic carbocycles. The van der Waals surface area contributed by atoms with Crippen molar-refractivity contribution >= 4 is 17.5 Å². The standard InChI is InChI=1S/C19H22ClNO4/c1-5-15(12-7-6-8-14(20)9-12)21-19(22)13-10-16(23-2)18(25-4)17(11-13)24-3/h6-11,15H,5H2,1-4H3,(H,21,22). The third-order valence-electron chi connectivity index (χ3n) is 3.89. The summed E-state index contributed by atoms with van der Waals surface area (Å²) in [6.45, 7) is 2.00. The summed E-state index contributed by atoms with van der Waals surface area (Å²) < 4.78 is 15.9. The Morgan fingerprint density at radius 2 is 1.72 bits per heavy atom. The zero-order valence-corrected chi connectivity index (χ0v) is 15.5. The highest BCUT2D eigenvalue weighted by Crippen LogP contribution is 2.38. The van der Waals surface area contributed by atoms with Crippen molar-refractivity contribution in [2.75, 3.05) is 21.3 Å². The second-order valence-electron chi connectivity index (χ2n) is 5.40. The SMILES string of the molecule is CCC(NC(=O)c1cc(OC)c(OC)c(OC)c1)c1cccc(Cl)c1. The van der Waals surface area contributed by atoms with Gasteiger partial charge in [-0.05, 0) is 36.2 Å². The quantitative estimate of drug-likeness (QED) is 0.799. The number of halogens is 1. The van der Waals surface area contributed by atoms with Crippen LogP contribution in [0.25, 0.3) is 0 Å². The molecule has 2 rings (SSSR count). The molecular weight excluding hydrogens is 342 g/mol. The summed E-state index contributed by atoms with van der Waals surface area (Å²) in [5, 5.41) is 3.65. The first-order valence-corrected chi connectivity index (χ1v) is 8.28. The van der Waals surface area contributed by atoms with Crippen molar-refractivity contribution in [1.29, 1.82) is 0 Å². The van der Waals surface area contributed by atoms with E-state index in [0.29, 0.717) is 27.8 Å². The molecule has 5 nitrogen and oxygen atoms in total. The Kier molecular flexibility index (Phi) is 6.53. The number of benzene rings is 2. The molecule has 0 aliphatic heterocycles. The summed E-state index contributed by atoms with van der Waals surface area (Å²) >= 11 is 6.05. The Morgan fingerprint density at radius 3 is 2.20 bits per heavy atom. The molecule has 134 valence electrons. The lowest BCUT2D eigenvalue weighted by atomic mass is 10.0. The summed E-state index contributed by atoms with van der Waals surface area (Å²) in [6, 6.07) is 10.6. The number of rotatable bonds is 7. The van der Waals surface area contributed by atoms with Gasteiger partial charge in [-0.15, -0.1) is 0 Å². The highest BCUT2D eigenvalue weighted by Gasteiger charge is 2.19. The second-order valence-corrected chi connectivity index (χ2v) is 5.84. The molecule has 6 heteroatoms. The Labute approximate surface area is 152 Å². The van der Waals surface area contributed by atoms with Crippen molar-refractivity contribution in [1.82, 2.24) is 5.32 Å². The topological polar surface area (TPSA) is 56.8 Å². The molecule has 0 aromatic heterocycles. The third-order valence-corrected chi connectivity index (χ3v) is 4.13. The summed E-state index contributed by atoms with van der Waals surface area (Å²) in [5.41, 5.74) is 1.38. The third kappa shape index (κ3) is 4.37. The molecule has 1 N–H and O–H groups in total. The molecule has 1 unspecified atom stereocenters. The molecule has 0 heterocycles. The fraction of sp³-hybridized carbons (Fsp3) is 0.316. The fourth-order valence-corrected chi connectivity index (χ4v) is 2.80. The molecule has 1 atom stereocenters. The maximum Gasteiger partial charge on any atom is 0.252 e. The van der Waals surface area contributed by atoms with Crippen LogP contribution in [0.4, 0.5) is 0 Å². The largest absolute Gasteiger partial charge is 0.493 e. The second kappa shape index (κ2) is 8.62. The Morgan fingerprint density at radius 1 is 1.08 bits per heavy atom. The molecule has 0 bridgehead atoms. The molecular formula is C19H22ClNO4. The summed E-state index contributed by atoms with van der Waals surface area (Å²) in [7, 11) is 4.55. The van der Waals surface area contributed by atoms with Crippen molar-refractivity contribution in [3.63, 3.8) is 0 Å². The van der Waals surface area contributed by atoms with Crippen molar-refractivity contribution in [2.24, 2.45) is 0 Å². The molecule has 0 aliphatic rings. The van der Waals surface area contributed by atoms with Crippen LogP contribution in [0.5, 0.6) is 17.2 Å². The van der Waals surface area contributed by atoms with Crippen LogP contribution in [0, 0.1) is 0 Å². The number of hydrogen-bond donors (Lipinski definition) is 1.